The lowest BCUT2D eigenvalue weighted by molar-refractivity contribution is -0.0568. The van der Waals surface area contributed by atoms with Gasteiger partial charge in [0, 0.05) is 12.4 Å². The number of aromatic nitrogens is 2. The molecule has 2 aliphatic heterocycles. The number of ether oxygens (including phenoxy) is 2. The van der Waals surface area contributed by atoms with Crippen LogP contribution >= 0.6 is 7.82 Å². The number of hydrogen-bond acceptors (Lipinski definition) is 12. The lowest BCUT2D eigenvalue weighted by atomic mass is 10.1. The predicted molar refractivity (Wildman–Crippen MR) is 90.6 cm³/mol. The van der Waals surface area contributed by atoms with Gasteiger partial charge >= 0.3 is 7.82 Å². The summed E-state index contributed by atoms with van der Waals surface area (Å²) in [7, 11) is -5.05. The molecule has 1 aromatic rings. The zero-order valence-corrected chi connectivity index (χ0v) is 15.7. The number of phosphoric ester groups is 1. The number of aliphatic hydroxyl groups excluding tert-OH is 5. The second-order valence-electron chi connectivity index (χ2n) is 6.47. The monoisotopic (exact) mass is 442 g/mol. The van der Waals surface area contributed by atoms with E-state index in [1.807, 2.05) is 0 Å². The van der Waals surface area contributed by atoms with Crippen LogP contribution in [0.1, 0.15) is 0 Å². The summed E-state index contributed by atoms with van der Waals surface area (Å²) in [4.78, 5) is 24.9. The first-order chi connectivity index (χ1) is 13.7. The van der Waals surface area contributed by atoms with E-state index in [1.54, 1.807) is 0 Å². The maximum atomic E-state index is 11.3. The number of hydrogen-bond donors (Lipinski definition) is 9. The van der Waals surface area contributed by atoms with Crippen molar-refractivity contribution in [2.75, 3.05) is 18.2 Å². The fraction of sp³-hybridized carbons (Fsp3) is 0.769. The number of rotatable bonds is 8. The van der Waals surface area contributed by atoms with E-state index >= 15 is 0 Å². The van der Waals surface area contributed by atoms with E-state index in [-0.39, 0.29) is 5.95 Å². The van der Waals surface area contributed by atoms with Gasteiger partial charge in [-0.25, -0.2) is 14.6 Å². The Morgan fingerprint density at radius 3 is 2.31 bits per heavy atom. The van der Waals surface area contributed by atoms with Gasteiger partial charge in [0.15, 0.2) is 12.5 Å². The van der Waals surface area contributed by atoms with Crippen LogP contribution in [0, 0.1) is 0 Å². The van der Waals surface area contributed by atoms with Gasteiger partial charge in [0.05, 0.1) is 13.2 Å². The molecule has 0 amide bonds. The van der Waals surface area contributed by atoms with Crippen LogP contribution in [0.25, 0.3) is 0 Å². The van der Waals surface area contributed by atoms with Gasteiger partial charge in [0.1, 0.15) is 36.6 Å². The first kappa shape index (κ1) is 22.5. The molecule has 0 aliphatic carbocycles. The van der Waals surface area contributed by atoms with Gasteiger partial charge in [-0.2, -0.15) is 5.43 Å². The summed E-state index contributed by atoms with van der Waals surface area (Å²) in [5.41, 5.74) is 2.62. The van der Waals surface area contributed by atoms with Crippen molar-refractivity contribution in [2.24, 2.45) is 0 Å². The minimum Gasteiger partial charge on any atom is -0.394 e. The molecule has 8 atom stereocenters. The van der Waals surface area contributed by atoms with Crippen LogP contribution in [-0.2, 0) is 18.6 Å². The minimum atomic E-state index is -5.05. The molecule has 0 spiro atoms. The fourth-order valence-corrected chi connectivity index (χ4v) is 3.69. The van der Waals surface area contributed by atoms with Crippen LogP contribution in [0.4, 0.5) is 5.95 Å². The van der Waals surface area contributed by atoms with Crippen LogP contribution in [-0.4, -0.2) is 108 Å². The summed E-state index contributed by atoms with van der Waals surface area (Å²) in [6.45, 7) is -1.26. The molecule has 166 valence electrons. The second kappa shape index (κ2) is 8.89. The van der Waals surface area contributed by atoms with Gasteiger partial charge in [0.25, 0.3) is 0 Å². The molecule has 29 heavy (non-hydrogen) atoms. The molecule has 2 unspecified atom stereocenters. The molecule has 0 radical (unpaired) electrons. The average molecular weight is 442 g/mol. The smallest absolute Gasteiger partial charge is 0.394 e. The lowest BCUT2D eigenvalue weighted by Gasteiger charge is -2.34. The topological polar surface area (TPSA) is 230 Å². The summed E-state index contributed by atoms with van der Waals surface area (Å²) in [5, 5.41) is 50.2. The zero-order chi connectivity index (χ0) is 21.3. The van der Waals surface area contributed by atoms with Crippen molar-refractivity contribution in [1.29, 1.82) is 0 Å². The van der Waals surface area contributed by atoms with E-state index < -0.39 is 70.1 Å². The molecular formula is C13H23N4O11P. The SMILES string of the molecule is O=P(O)(O)O[C@H]1C(NN(c2ncc[nH]2)C2O[C@H](CO)[C@@H](O)[C@H]2O)O[C@H](CO)[C@H]1O. The highest BCUT2D eigenvalue weighted by Crippen LogP contribution is 2.41. The zero-order valence-electron chi connectivity index (χ0n) is 14.8. The Morgan fingerprint density at radius 1 is 1.14 bits per heavy atom. The molecule has 16 heteroatoms. The van der Waals surface area contributed by atoms with Crippen molar-refractivity contribution in [3.63, 3.8) is 0 Å². The highest BCUT2D eigenvalue weighted by molar-refractivity contribution is 7.46. The summed E-state index contributed by atoms with van der Waals surface area (Å²) in [6, 6.07) is 0. The number of aromatic amines is 1. The largest absolute Gasteiger partial charge is 0.470 e. The number of nitrogens with zero attached hydrogens (tertiary/aromatic N) is 2. The Bertz CT molecular complexity index is 705. The average Bonchev–Trinajstić information content (AvgIpc) is 3.35. The Hall–Kier alpha value is -1.20. The first-order valence-corrected chi connectivity index (χ1v) is 10.0. The number of nitrogens with one attached hydrogen (secondary N) is 2. The number of H-pyrrole nitrogens is 1. The van der Waals surface area contributed by atoms with Crippen LogP contribution < -0.4 is 10.4 Å². The van der Waals surface area contributed by atoms with E-state index in [0.29, 0.717) is 0 Å². The highest BCUT2D eigenvalue weighted by atomic mass is 31.2. The molecule has 2 aliphatic rings. The molecule has 2 saturated heterocycles. The van der Waals surface area contributed by atoms with Crippen LogP contribution in [0.15, 0.2) is 12.4 Å². The van der Waals surface area contributed by atoms with Crippen molar-refractivity contribution in [3.05, 3.63) is 12.4 Å². The standard InChI is InChI=1S/C13H23N4O11P/c18-3-5-7(20)9(22)12(27-5)17(13-14-1-2-15-13)16-11-10(28-29(23,24)25)8(21)6(4-19)26-11/h1-2,5-12,16,18-22H,3-4H2,(H,14,15)(H2,23,24,25)/t5-,6-,7-,8-,9-,10-,11?,12?/m1/s1. The van der Waals surface area contributed by atoms with E-state index in [2.05, 4.69) is 19.9 Å². The predicted octanol–water partition coefficient (Wildman–Crippen LogP) is -4.28. The van der Waals surface area contributed by atoms with Gasteiger partial charge < -0.3 is 49.8 Å². The Labute approximate surface area is 163 Å². The second-order valence-corrected chi connectivity index (χ2v) is 7.66. The Balaban J connectivity index is 1.86. The van der Waals surface area contributed by atoms with Crippen LogP contribution in [0.5, 0.6) is 0 Å². The Morgan fingerprint density at radius 2 is 1.79 bits per heavy atom. The summed E-state index contributed by atoms with van der Waals surface area (Å²) >= 11 is 0. The van der Waals surface area contributed by atoms with Crippen molar-refractivity contribution in [2.45, 2.75) is 49.1 Å². The van der Waals surface area contributed by atoms with Crippen molar-refractivity contribution in [3.8, 4) is 0 Å². The third-order valence-electron chi connectivity index (χ3n) is 4.53. The van der Waals surface area contributed by atoms with Crippen molar-refractivity contribution < 1.29 is 53.9 Å². The van der Waals surface area contributed by atoms with E-state index in [4.69, 9.17) is 19.3 Å². The minimum absolute atomic E-state index is 0.0420. The van der Waals surface area contributed by atoms with Gasteiger partial charge in [-0.15, -0.1) is 0 Å². The van der Waals surface area contributed by atoms with E-state index in [9.17, 15) is 30.1 Å². The molecule has 2 fully saturated rings. The highest BCUT2D eigenvalue weighted by Gasteiger charge is 2.51. The van der Waals surface area contributed by atoms with Gasteiger partial charge in [-0.3, -0.25) is 4.52 Å². The Kier molecular flexibility index (Phi) is 6.89. The third-order valence-corrected chi connectivity index (χ3v) is 5.04. The maximum absolute atomic E-state index is 11.3. The molecule has 3 rings (SSSR count). The number of imidazole rings is 1. The van der Waals surface area contributed by atoms with Crippen LogP contribution in [0.2, 0.25) is 0 Å². The number of hydrazine groups is 1. The number of phosphoric acid groups is 1. The van der Waals surface area contributed by atoms with Crippen molar-refractivity contribution >= 4 is 13.8 Å². The molecule has 0 saturated carbocycles. The molecule has 9 N–H and O–H groups in total. The normalized spacial score (nSPS) is 37.9. The molecule has 15 nitrogen and oxygen atoms in total. The quantitative estimate of drug-likeness (QED) is 0.137. The summed E-state index contributed by atoms with van der Waals surface area (Å²) < 4.78 is 26.7. The summed E-state index contributed by atoms with van der Waals surface area (Å²) in [5.74, 6) is 0.0420. The van der Waals surface area contributed by atoms with E-state index in [1.165, 1.54) is 12.4 Å². The molecule has 0 aromatic carbocycles. The molecular weight excluding hydrogens is 419 g/mol. The first-order valence-electron chi connectivity index (χ1n) is 8.52. The summed E-state index contributed by atoms with van der Waals surface area (Å²) in [6.07, 6.45) is -8.50. The van der Waals surface area contributed by atoms with Gasteiger partial charge in [0.2, 0.25) is 5.95 Å². The lowest BCUT2D eigenvalue weighted by Crippen LogP contribution is -2.58. The van der Waals surface area contributed by atoms with Gasteiger partial charge in [-0.05, 0) is 0 Å². The fourth-order valence-electron chi connectivity index (χ4n) is 3.14. The maximum Gasteiger partial charge on any atom is 0.470 e. The number of anilines is 1. The molecule has 0 bridgehead atoms. The van der Waals surface area contributed by atoms with Gasteiger partial charge in [-0.1, -0.05) is 0 Å². The van der Waals surface area contributed by atoms with Crippen molar-refractivity contribution in [1.82, 2.24) is 15.4 Å². The third kappa shape index (κ3) is 4.77. The van der Waals surface area contributed by atoms with Crippen LogP contribution in [0.3, 0.4) is 0 Å². The number of aliphatic hydroxyl groups is 5. The molecule has 3 heterocycles. The molecule has 1 aromatic heterocycles. The van der Waals surface area contributed by atoms with E-state index in [0.717, 1.165) is 5.01 Å².